The summed E-state index contributed by atoms with van der Waals surface area (Å²) in [4.78, 5) is 26.3. The van der Waals surface area contributed by atoms with E-state index in [1.165, 1.54) is 11.6 Å². The van der Waals surface area contributed by atoms with Crippen molar-refractivity contribution in [3.63, 3.8) is 0 Å². The van der Waals surface area contributed by atoms with Gasteiger partial charge < -0.3 is 10.2 Å². The topological polar surface area (TPSA) is 75.5 Å². The number of hydrogen-bond acceptors (Lipinski definition) is 4. The summed E-state index contributed by atoms with van der Waals surface area (Å²) in [7, 11) is 0. The van der Waals surface area contributed by atoms with Gasteiger partial charge in [-0.15, -0.1) is 0 Å². The Hall–Kier alpha value is -2.89. The van der Waals surface area contributed by atoms with Crippen molar-refractivity contribution in [2.24, 2.45) is 5.92 Å². The van der Waals surface area contributed by atoms with Gasteiger partial charge in [-0.25, -0.2) is 0 Å². The molecule has 0 aliphatic carbocycles. The van der Waals surface area contributed by atoms with Crippen LogP contribution >= 0.6 is 0 Å². The zero-order valence-electron chi connectivity index (χ0n) is 17.3. The molecule has 29 heavy (non-hydrogen) atoms. The van der Waals surface area contributed by atoms with Gasteiger partial charge in [0.15, 0.2) is 0 Å². The number of anilines is 1. The maximum absolute atomic E-state index is 13.2. The smallest absolute Gasteiger partial charge is 0.292 e. The zero-order valence-corrected chi connectivity index (χ0v) is 17.3. The van der Waals surface area contributed by atoms with Crippen molar-refractivity contribution < 1.29 is 9.72 Å². The average Bonchev–Trinajstić information content (AvgIpc) is 2.67. The molecule has 154 valence electrons. The van der Waals surface area contributed by atoms with Crippen LogP contribution in [0.25, 0.3) is 0 Å². The number of para-hydroxylation sites is 2. The van der Waals surface area contributed by atoms with Crippen molar-refractivity contribution in [2.75, 3.05) is 11.4 Å². The molecule has 1 N–H and O–H groups in total. The van der Waals surface area contributed by atoms with Gasteiger partial charge in [-0.1, -0.05) is 42.5 Å². The molecule has 2 atom stereocenters. The summed E-state index contributed by atoms with van der Waals surface area (Å²) in [6, 6.07) is 16.5. The molecule has 2 aromatic rings. The molecule has 1 amide bonds. The van der Waals surface area contributed by atoms with E-state index in [-0.39, 0.29) is 22.1 Å². The Morgan fingerprint density at radius 1 is 1.14 bits per heavy atom. The maximum atomic E-state index is 13.2. The molecule has 0 spiro atoms. The highest BCUT2D eigenvalue weighted by molar-refractivity contribution is 5.87. The van der Waals surface area contributed by atoms with E-state index in [2.05, 4.69) is 17.4 Å². The minimum atomic E-state index is -0.433. The lowest BCUT2D eigenvalue weighted by Crippen LogP contribution is -2.55. The highest BCUT2D eigenvalue weighted by Crippen LogP contribution is 2.35. The van der Waals surface area contributed by atoms with Crippen LogP contribution in [0.15, 0.2) is 54.6 Å². The van der Waals surface area contributed by atoms with Crippen molar-refractivity contribution in [3.05, 3.63) is 70.3 Å². The second kappa shape index (κ2) is 8.64. The van der Waals surface area contributed by atoms with Crippen LogP contribution in [0.5, 0.6) is 0 Å². The van der Waals surface area contributed by atoms with Crippen molar-refractivity contribution in [3.8, 4) is 0 Å². The van der Waals surface area contributed by atoms with E-state index in [4.69, 9.17) is 0 Å². The lowest BCUT2D eigenvalue weighted by Gasteiger charge is -2.41. The molecule has 1 heterocycles. The highest BCUT2D eigenvalue weighted by atomic mass is 16.6. The van der Waals surface area contributed by atoms with E-state index in [9.17, 15) is 14.9 Å². The molecule has 2 unspecified atom stereocenters. The van der Waals surface area contributed by atoms with Crippen molar-refractivity contribution in [1.29, 1.82) is 0 Å². The Bertz CT molecular complexity index is 861. The summed E-state index contributed by atoms with van der Waals surface area (Å²) < 4.78 is 0. The fraction of sp³-hybridized carbons (Fsp3) is 0.435. The monoisotopic (exact) mass is 395 g/mol. The predicted molar refractivity (Wildman–Crippen MR) is 115 cm³/mol. The fourth-order valence-electron chi connectivity index (χ4n) is 4.02. The number of benzene rings is 2. The van der Waals surface area contributed by atoms with Crippen LogP contribution in [0.4, 0.5) is 11.4 Å². The number of amides is 1. The first kappa shape index (κ1) is 20.8. The van der Waals surface area contributed by atoms with Crippen molar-refractivity contribution >= 4 is 17.3 Å². The molecule has 0 bridgehead atoms. The van der Waals surface area contributed by atoms with Gasteiger partial charge in [0.2, 0.25) is 5.91 Å². The summed E-state index contributed by atoms with van der Waals surface area (Å²) in [5.74, 6) is 0.278. The Balaban J connectivity index is 1.88. The summed E-state index contributed by atoms with van der Waals surface area (Å²) in [6.07, 6.45) is 2.47. The number of piperidine rings is 1. The molecule has 0 aromatic heterocycles. The van der Waals surface area contributed by atoms with Crippen molar-refractivity contribution in [2.45, 2.75) is 51.6 Å². The summed E-state index contributed by atoms with van der Waals surface area (Å²) >= 11 is 0. The molecule has 0 saturated carbocycles. The second-order valence-electron chi connectivity index (χ2n) is 8.77. The molecule has 0 radical (unpaired) electrons. The van der Waals surface area contributed by atoms with Gasteiger partial charge in [0.25, 0.3) is 5.69 Å². The van der Waals surface area contributed by atoms with E-state index in [0.29, 0.717) is 24.6 Å². The Morgan fingerprint density at radius 2 is 1.79 bits per heavy atom. The first-order chi connectivity index (χ1) is 13.7. The summed E-state index contributed by atoms with van der Waals surface area (Å²) in [5, 5.41) is 14.6. The summed E-state index contributed by atoms with van der Waals surface area (Å²) in [5.41, 5.74) is 1.46. The van der Waals surface area contributed by atoms with E-state index in [1.54, 1.807) is 18.2 Å². The molecular formula is C23H29N3O3. The molecule has 2 aromatic carbocycles. The molecule has 1 fully saturated rings. The van der Waals surface area contributed by atoms with Crippen LogP contribution in [-0.4, -0.2) is 29.0 Å². The minimum absolute atomic E-state index is 0.0440. The normalized spacial score (nSPS) is 19.6. The largest absolute Gasteiger partial charge is 0.354 e. The molecule has 6 heteroatoms. The molecule has 3 rings (SSSR count). The van der Waals surface area contributed by atoms with E-state index in [1.807, 2.05) is 43.9 Å². The Kier molecular flexibility index (Phi) is 6.20. The minimum Gasteiger partial charge on any atom is -0.354 e. The number of hydrogen-bond donors (Lipinski definition) is 1. The third kappa shape index (κ3) is 5.34. The van der Waals surface area contributed by atoms with E-state index < -0.39 is 6.04 Å². The molecule has 1 saturated heterocycles. The van der Waals surface area contributed by atoms with Crippen molar-refractivity contribution in [1.82, 2.24) is 5.32 Å². The lowest BCUT2D eigenvalue weighted by molar-refractivity contribution is -0.384. The number of nitro groups is 1. The van der Waals surface area contributed by atoms with E-state index >= 15 is 0 Å². The number of nitro benzene ring substituents is 1. The number of rotatable bonds is 5. The second-order valence-corrected chi connectivity index (χ2v) is 8.77. The van der Waals surface area contributed by atoms with Crippen LogP contribution < -0.4 is 10.2 Å². The predicted octanol–water partition coefficient (Wildman–Crippen LogP) is 4.34. The lowest BCUT2D eigenvalue weighted by atomic mass is 9.85. The van der Waals surface area contributed by atoms with Gasteiger partial charge in [-0.05, 0) is 57.6 Å². The number of carbonyl (C=O) groups excluding carboxylic acids is 1. The van der Waals surface area contributed by atoms with Gasteiger partial charge in [0.05, 0.1) is 4.92 Å². The van der Waals surface area contributed by atoms with E-state index in [0.717, 1.165) is 12.8 Å². The number of carbonyl (C=O) groups is 1. The standard InChI is InChI=1S/C23H29N3O3/c1-23(2,3)24-22(27)21-16-18(15-17-9-5-4-6-10-17)13-14-25(21)19-11-7-8-12-20(19)26(28)29/h4-12,18,21H,13-16H2,1-3H3,(H,24,27). The Morgan fingerprint density at radius 3 is 2.45 bits per heavy atom. The van der Waals surface area contributed by atoms with Crippen LogP contribution in [0.1, 0.15) is 39.2 Å². The molecule has 1 aliphatic heterocycles. The van der Waals surface area contributed by atoms with Crippen LogP contribution in [-0.2, 0) is 11.2 Å². The van der Waals surface area contributed by atoms with Crippen LogP contribution in [0.2, 0.25) is 0 Å². The summed E-state index contributed by atoms with van der Waals surface area (Å²) in [6.45, 7) is 6.46. The molecule has 6 nitrogen and oxygen atoms in total. The number of nitrogens with zero attached hydrogens (tertiary/aromatic N) is 2. The first-order valence-corrected chi connectivity index (χ1v) is 10.1. The third-order valence-electron chi connectivity index (χ3n) is 5.27. The SMILES string of the molecule is CC(C)(C)NC(=O)C1CC(Cc2ccccc2)CCN1c1ccccc1[N+](=O)[O-]. The highest BCUT2D eigenvalue weighted by Gasteiger charge is 2.37. The fourth-order valence-corrected chi connectivity index (χ4v) is 4.02. The quantitative estimate of drug-likeness (QED) is 0.604. The number of nitrogens with one attached hydrogen (secondary N) is 1. The first-order valence-electron chi connectivity index (χ1n) is 10.1. The van der Waals surface area contributed by atoms with Gasteiger partial charge in [-0.3, -0.25) is 14.9 Å². The van der Waals surface area contributed by atoms with Gasteiger partial charge in [0.1, 0.15) is 11.7 Å². The maximum Gasteiger partial charge on any atom is 0.292 e. The molecule has 1 aliphatic rings. The molecular weight excluding hydrogens is 366 g/mol. The Labute approximate surface area is 172 Å². The zero-order chi connectivity index (χ0) is 21.0. The van der Waals surface area contributed by atoms with Crippen LogP contribution in [0, 0.1) is 16.0 Å². The average molecular weight is 396 g/mol. The van der Waals surface area contributed by atoms with Crippen LogP contribution in [0.3, 0.4) is 0 Å². The third-order valence-corrected chi connectivity index (χ3v) is 5.27. The van der Waals surface area contributed by atoms with Gasteiger partial charge >= 0.3 is 0 Å². The van der Waals surface area contributed by atoms with Gasteiger partial charge in [-0.2, -0.15) is 0 Å². The van der Waals surface area contributed by atoms with Gasteiger partial charge in [0, 0.05) is 18.2 Å².